The lowest BCUT2D eigenvalue weighted by atomic mass is 9.89. The first-order valence-corrected chi connectivity index (χ1v) is 7.71. The first-order chi connectivity index (χ1) is 9.11. The van der Waals surface area contributed by atoms with Crippen molar-refractivity contribution in [3.8, 4) is 0 Å². The van der Waals surface area contributed by atoms with E-state index in [4.69, 9.17) is 21.1 Å². The summed E-state index contributed by atoms with van der Waals surface area (Å²) in [6.07, 6.45) is 4.07. The quantitative estimate of drug-likeness (QED) is 0.538. The van der Waals surface area contributed by atoms with Crippen LogP contribution in [0, 0.1) is 3.57 Å². The predicted octanol–water partition coefficient (Wildman–Crippen LogP) is 2.01. The third kappa shape index (κ3) is 2.55. The average molecular weight is 397 g/mol. The van der Waals surface area contributed by atoms with Gasteiger partial charge >= 0.3 is 0 Å². The van der Waals surface area contributed by atoms with Crippen LogP contribution in [0.15, 0.2) is 11.1 Å². The molecule has 1 aromatic rings. The van der Waals surface area contributed by atoms with Crippen molar-refractivity contribution in [3.63, 3.8) is 0 Å². The largest absolute Gasteiger partial charge is 0.378 e. The van der Waals surface area contributed by atoms with Gasteiger partial charge in [-0.05, 0) is 35.4 Å². The van der Waals surface area contributed by atoms with Crippen molar-refractivity contribution in [3.05, 3.63) is 25.4 Å². The third-order valence-electron chi connectivity index (χ3n) is 3.83. The molecule has 1 aromatic heterocycles. The highest BCUT2D eigenvalue weighted by Gasteiger charge is 2.41. The van der Waals surface area contributed by atoms with Gasteiger partial charge in [0.25, 0.3) is 5.56 Å². The molecule has 19 heavy (non-hydrogen) atoms. The predicted molar refractivity (Wildman–Crippen MR) is 78.6 cm³/mol. The number of nitrogens with zero attached hydrogens (tertiary/aromatic N) is 2. The normalized spacial score (nSPS) is 30.9. The minimum atomic E-state index is -0.215. The van der Waals surface area contributed by atoms with E-state index in [9.17, 15) is 4.79 Å². The fraction of sp³-hybridized carbons (Fsp3) is 0.667. The van der Waals surface area contributed by atoms with Crippen molar-refractivity contribution in [2.75, 3.05) is 19.8 Å². The smallest absolute Gasteiger partial charge is 0.268 e. The second-order valence-corrected chi connectivity index (χ2v) is 6.48. The van der Waals surface area contributed by atoms with Crippen molar-refractivity contribution in [1.29, 1.82) is 0 Å². The summed E-state index contributed by atoms with van der Waals surface area (Å²) in [6, 6.07) is 0.112. The summed E-state index contributed by atoms with van der Waals surface area (Å²) in [6.45, 7) is 2.01. The summed E-state index contributed by atoms with van der Waals surface area (Å²) in [4.78, 5) is 16.3. The van der Waals surface area contributed by atoms with E-state index in [0.29, 0.717) is 16.8 Å². The van der Waals surface area contributed by atoms with E-state index < -0.39 is 0 Å². The van der Waals surface area contributed by atoms with Crippen LogP contribution in [0.2, 0.25) is 5.15 Å². The van der Waals surface area contributed by atoms with Crippen molar-refractivity contribution in [1.82, 2.24) is 9.55 Å². The molecule has 2 fully saturated rings. The number of rotatable bonds is 1. The zero-order valence-electron chi connectivity index (χ0n) is 10.3. The summed E-state index contributed by atoms with van der Waals surface area (Å²) < 4.78 is 13.5. The van der Waals surface area contributed by atoms with Crippen LogP contribution >= 0.6 is 34.2 Å². The molecular weight excluding hydrogens is 383 g/mol. The van der Waals surface area contributed by atoms with Gasteiger partial charge in [0.05, 0.1) is 18.5 Å². The van der Waals surface area contributed by atoms with E-state index >= 15 is 0 Å². The maximum Gasteiger partial charge on any atom is 0.268 e. The number of hydrogen-bond donors (Lipinski definition) is 0. The van der Waals surface area contributed by atoms with Crippen LogP contribution in [-0.2, 0) is 9.47 Å². The Labute approximate surface area is 129 Å². The standard InChI is InChI=1S/C12H14ClIN2O3/c13-10-9(14)11(17)16(7-15-10)8-1-3-19-12(5-8)2-4-18-6-12/h7-8H,1-6H2. The Morgan fingerprint density at radius 3 is 3.11 bits per heavy atom. The molecule has 2 atom stereocenters. The Morgan fingerprint density at radius 1 is 1.53 bits per heavy atom. The van der Waals surface area contributed by atoms with Crippen LogP contribution in [0.5, 0.6) is 0 Å². The van der Waals surface area contributed by atoms with Crippen LogP contribution in [0.3, 0.4) is 0 Å². The van der Waals surface area contributed by atoms with E-state index in [-0.39, 0.29) is 22.4 Å². The Morgan fingerprint density at radius 2 is 2.37 bits per heavy atom. The van der Waals surface area contributed by atoms with E-state index in [1.54, 1.807) is 10.9 Å². The fourth-order valence-corrected chi connectivity index (χ4v) is 3.33. The summed E-state index contributed by atoms with van der Waals surface area (Å²) in [5, 5.41) is 0.271. The highest BCUT2D eigenvalue weighted by atomic mass is 127. The molecule has 0 radical (unpaired) electrons. The number of hydrogen-bond acceptors (Lipinski definition) is 4. The van der Waals surface area contributed by atoms with E-state index in [2.05, 4.69) is 4.98 Å². The van der Waals surface area contributed by atoms with E-state index in [1.807, 2.05) is 22.6 Å². The van der Waals surface area contributed by atoms with Gasteiger partial charge in [-0.3, -0.25) is 9.36 Å². The molecule has 1 spiro atoms. The van der Waals surface area contributed by atoms with Crippen LogP contribution in [0.4, 0.5) is 0 Å². The van der Waals surface area contributed by atoms with Gasteiger partial charge in [-0.1, -0.05) is 11.6 Å². The lowest BCUT2D eigenvalue weighted by molar-refractivity contribution is -0.0953. The Hall–Kier alpha value is -0.180. The second kappa shape index (κ2) is 5.31. The van der Waals surface area contributed by atoms with Crippen molar-refractivity contribution in [2.45, 2.75) is 30.9 Å². The lowest BCUT2D eigenvalue weighted by Crippen LogP contribution is -2.43. The SMILES string of the molecule is O=c1c(I)c(Cl)ncn1C1CCOC2(CCOC2)C1. The zero-order chi connectivity index (χ0) is 13.5. The van der Waals surface area contributed by atoms with E-state index in [1.165, 1.54) is 0 Å². The molecule has 2 aliphatic heterocycles. The monoisotopic (exact) mass is 396 g/mol. The van der Waals surface area contributed by atoms with Crippen molar-refractivity contribution < 1.29 is 9.47 Å². The highest BCUT2D eigenvalue weighted by Crippen LogP contribution is 2.37. The molecule has 3 heterocycles. The van der Waals surface area contributed by atoms with Gasteiger partial charge in [0.15, 0.2) is 0 Å². The van der Waals surface area contributed by atoms with E-state index in [0.717, 1.165) is 25.9 Å². The molecule has 7 heteroatoms. The van der Waals surface area contributed by atoms with Crippen LogP contribution in [0.1, 0.15) is 25.3 Å². The van der Waals surface area contributed by atoms with Crippen LogP contribution in [-0.4, -0.2) is 35.0 Å². The Kier molecular flexibility index (Phi) is 3.85. The van der Waals surface area contributed by atoms with Gasteiger partial charge < -0.3 is 9.47 Å². The van der Waals surface area contributed by atoms with Crippen molar-refractivity contribution in [2.24, 2.45) is 0 Å². The molecule has 2 unspecified atom stereocenters. The molecule has 0 aromatic carbocycles. The van der Waals surface area contributed by atoms with Crippen molar-refractivity contribution >= 4 is 34.2 Å². The van der Waals surface area contributed by atoms with Gasteiger partial charge in [-0.15, -0.1) is 0 Å². The third-order valence-corrected chi connectivity index (χ3v) is 5.40. The molecule has 0 saturated carbocycles. The molecule has 2 saturated heterocycles. The topological polar surface area (TPSA) is 53.4 Å². The maximum absolute atomic E-state index is 12.3. The summed E-state index contributed by atoms with van der Waals surface area (Å²) in [7, 11) is 0. The number of halogens is 2. The summed E-state index contributed by atoms with van der Waals surface area (Å²) >= 11 is 7.82. The summed E-state index contributed by atoms with van der Waals surface area (Å²) in [5.74, 6) is 0. The number of ether oxygens (including phenoxy) is 2. The average Bonchev–Trinajstić information content (AvgIpc) is 2.84. The molecule has 2 aliphatic rings. The molecule has 3 rings (SSSR count). The summed E-state index contributed by atoms with van der Waals surface area (Å²) in [5.41, 5.74) is -0.283. The fourth-order valence-electron chi connectivity index (χ4n) is 2.79. The lowest BCUT2D eigenvalue weighted by Gasteiger charge is -2.37. The minimum absolute atomic E-state index is 0.0680. The maximum atomic E-state index is 12.3. The molecule has 0 bridgehead atoms. The number of aromatic nitrogens is 2. The highest BCUT2D eigenvalue weighted by molar-refractivity contribution is 14.1. The first kappa shape index (κ1) is 13.8. The second-order valence-electron chi connectivity index (χ2n) is 5.04. The van der Waals surface area contributed by atoms with Gasteiger partial charge in [0.2, 0.25) is 0 Å². The minimum Gasteiger partial charge on any atom is -0.378 e. The Bertz CT molecular complexity index is 542. The van der Waals surface area contributed by atoms with Crippen LogP contribution < -0.4 is 5.56 Å². The molecule has 104 valence electrons. The van der Waals surface area contributed by atoms with Gasteiger partial charge in [0.1, 0.15) is 8.72 Å². The molecule has 0 amide bonds. The molecule has 0 aliphatic carbocycles. The molecule has 0 N–H and O–H groups in total. The first-order valence-electron chi connectivity index (χ1n) is 6.25. The van der Waals surface area contributed by atoms with Gasteiger partial charge in [0, 0.05) is 25.7 Å². The molecule has 5 nitrogen and oxygen atoms in total. The zero-order valence-corrected chi connectivity index (χ0v) is 13.2. The van der Waals surface area contributed by atoms with Crippen LogP contribution in [0.25, 0.3) is 0 Å². The van der Waals surface area contributed by atoms with Gasteiger partial charge in [-0.2, -0.15) is 0 Å². The Balaban J connectivity index is 1.90. The van der Waals surface area contributed by atoms with Gasteiger partial charge in [-0.25, -0.2) is 4.98 Å². The molecular formula is C12H14ClIN2O3.